The highest BCUT2D eigenvalue weighted by atomic mass is 32.2. The van der Waals surface area contributed by atoms with Gasteiger partial charge in [-0.05, 0) is 13.1 Å². The Morgan fingerprint density at radius 2 is 2.06 bits per heavy atom. The zero-order valence-electron chi connectivity index (χ0n) is 10.6. The van der Waals surface area contributed by atoms with Crippen LogP contribution in [-0.4, -0.2) is 37.5 Å². The summed E-state index contributed by atoms with van der Waals surface area (Å²) in [7, 11) is 4.22. The molecule has 0 aliphatic rings. The molecule has 1 aromatic rings. The molecule has 96 valence electrons. The van der Waals surface area contributed by atoms with Gasteiger partial charge >= 0.3 is 0 Å². The lowest BCUT2D eigenvalue weighted by Crippen LogP contribution is -2.22. The molecule has 0 aliphatic heterocycles. The van der Waals surface area contributed by atoms with Crippen LogP contribution in [0.25, 0.3) is 0 Å². The number of hydrogen-bond acceptors (Lipinski definition) is 4. The number of ether oxygens (including phenoxy) is 2. The molecule has 1 aromatic carbocycles. The number of rotatable bonds is 6. The monoisotopic (exact) mass is 257 g/mol. The average Bonchev–Trinajstić information content (AvgIpc) is 2.35. The van der Waals surface area contributed by atoms with E-state index in [-0.39, 0.29) is 6.04 Å². The van der Waals surface area contributed by atoms with E-state index in [2.05, 4.69) is 5.32 Å². The molecular formula is C12H19NO3S. The third-order valence-electron chi connectivity index (χ3n) is 2.57. The van der Waals surface area contributed by atoms with Crippen molar-refractivity contribution in [1.82, 2.24) is 5.32 Å². The molecule has 0 bridgehead atoms. The highest BCUT2D eigenvalue weighted by molar-refractivity contribution is 7.84. The summed E-state index contributed by atoms with van der Waals surface area (Å²) in [4.78, 5) is 0. The van der Waals surface area contributed by atoms with Gasteiger partial charge in [-0.25, -0.2) is 0 Å². The van der Waals surface area contributed by atoms with Crippen molar-refractivity contribution in [2.45, 2.75) is 6.04 Å². The lowest BCUT2D eigenvalue weighted by Gasteiger charge is -2.18. The minimum Gasteiger partial charge on any atom is -0.497 e. The number of nitrogens with one attached hydrogen (secondary N) is 1. The molecule has 0 aromatic heterocycles. The second-order valence-electron chi connectivity index (χ2n) is 3.69. The topological polar surface area (TPSA) is 47.6 Å². The van der Waals surface area contributed by atoms with Crippen molar-refractivity contribution in [3.8, 4) is 11.5 Å². The Labute approximate surface area is 105 Å². The molecular weight excluding hydrogens is 238 g/mol. The van der Waals surface area contributed by atoms with E-state index in [9.17, 15) is 4.21 Å². The van der Waals surface area contributed by atoms with Crippen LogP contribution >= 0.6 is 0 Å². The maximum atomic E-state index is 11.3. The Hall–Kier alpha value is -1.07. The minimum absolute atomic E-state index is 0.0155. The largest absolute Gasteiger partial charge is 0.497 e. The molecule has 2 unspecified atom stereocenters. The summed E-state index contributed by atoms with van der Waals surface area (Å²) in [6, 6.07) is 5.66. The molecule has 0 heterocycles. The van der Waals surface area contributed by atoms with Crippen LogP contribution in [-0.2, 0) is 10.8 Å². The van der Waals surface area contributed by atoms with Gasteiger partial charge in [0, 0.05) is 40.5 Å². The summed E-state index contributed by atoms with van der Waals surface area (Å²) < 4.78 is 21.8. The lowest BCUT2D eigenvalue weighted by molar-refractivity contribution is 0.387. The zero-order valence-corrected chi connectivity index (χ0v) is 11.5. The van der Waals surface area contributed by atoms with Gasteiger partial charge in [-0.2, -0.15) is 0 Å². The maximum Gasteiger partial charge on any atom is 0.127 e. The van der Waals surface area contributed by atoms with Gasteiger partial charge in [-0.3, -0.25) is 4.21 Å². The molecule has 0 amide bonds. The first-order valence-corrected chi connectivity index (χ1v) is 7.04. The van der Waals surface area contributed by atoms with Crippen molar-refractivity contribution in [2.24, 2.45) is 0 Å². The predicted octanol–water partition coefficient (Wildman–Crippen LogP) is 1.34. The van der Waals surface area contributed by atoms with Crippen molar-refractivity contribution in [2.75, 3.05) is 33.3 Å². The van der Waals surface area contributed by atoms with Crippen molar-refractivity contribution in [1.29, 1.82) is 0 Å². The summed E-state index contributed by atoms with van der Waals surface area (Å²) >= 11 is 0. The van der Waals surface area contributed by atoms with Crippen molar-refractivity contribution >= 4 is 10.8 Å². The third kappa shape index (κ3) is 3.71. The zero-order chi connectivity index (χ0) is 12.8. The first-order valence-electron chi connectivity index (χ1n) is 5.31. The van der Waals surface area contributed by atoms with Gasteiger partial charge in [0.1, 0.15) is 11.5 Å². The van der Waals surface area contributed by atoms with Crippen LogP contribution < -0.4 is 14.8 Å². The van der Waals surface area contributed by atoms with Crippen LogP contribution in [0.1, 0.15) is 11.6 Å². The molecule has 0 radical (unpaired) electrons. The Morgan fingerprint density at radius 3 is 2.53 bits per heavy atom. The fourth-order valence-electron chi connectivity index (χ4n) is 1.67. The van der Waals surface area contributed by atoms with E-state index in [1.54, 1.807) is 20.5 Å². The normalized spacial score (nSPS) is 14.1. The Balaban J connectivity index is 3.05. The summed E-state index contributed by atoms with van der Waals surface area (Å²) in [5.41, 5.74) is 0.992. The smallest absolute Gasteiger partial charge is 0.127 e. The maximum absolute atomic E-state index is 11.3. The number of benzene rings is 1. The minimum atomic E-state index is -0.863. The molecule has 5 heteroatoms. The Bertz CT molecular complexity index is 395. The highest BCUT2D eigenvalue weighted by Gasteiger charge is 2.16. The molecule has 0 fully saturated rings. The van der Waals surface area contributed by atoms with Gasteiger partial charge in [0.2, 0.25) is 0 Å². The quantitative estimate of drug-likeness (QED) is 0.835. The van der Waals surface area contributed by atoms with Gasteiger partial charge in [-0.15, -0.1) is 0 Å². The molecule has 1 N–H and O–H groups in total. The van der Waals surface area contributed by atoms with Gasteiger partial charge in [0.25, 0.3) is 0 Å². The van der Waals surface area contributed by atoms with Crippen molar-refractivity contribution < 1.29 is 13.7 Å². The van der Waals surface area contributed by atoms with Crippen LogP contribution in [0.2, 0.25) is 0 Å². The van der Waals surface area contributed by atoms with E-state index in [1.165, 1.54) is 0 Å². The molecule has 4 nitrogen and oxygen atoms in total. The van der Waals surface area contributed by atoms with Crippen molar-refractivity contribution in [3.05, 3.63) is 23.8 Å². The average molecular weight is 257 g/mol. The van der Waals surface area contributed by atoms with Gasteiger partial charge in [0.15, 0.2) is 0 Å². The Kier molecular flexibility index (Phi) is 5.44. The van der Waals surface area contributed by atoms with E-state index in [1.807, 2.05) is 25.2 Å². The van der Waals surface area contributed by atoms with E-state index in [0.717, 1.165) is 17.1 Å². The molecule has 0 saturated carbocycles. The summed E-state index contributed by atoms with van der Waals surface area (Å²) in [6.45, 7) is 0. The van der Waals surface area contributed by atoms with Gasteiger partial charge in [0.05, 0.1) is 14.2 Å². The van der Waals surface area contributed by atoms with E-state index < -0.39 is 10.8 Å². The highest BCUT2D eigenvalue weighted by Crippen LogP contribution is 2.29. The van der Waals surface area contributed by atoms with Gasteiger partial charge < -0.3 is 14.8 Å². The van der Waals surface area contributed by atoms with Crippen LogP contribution in [0.15, 0.2) is 18.2 Å². The summed E-state index contributed by atoms with van der Waals surface area (Å²) in [5, 5.41) is 3.15. The number of methoxy groups -OCH3 is 2. The van der Waals surface area contributed by atoms with E-state index >= 15 is 0 Å². The fraction of sp³-hybridized carbons (Fsp3) is 0.500. The molecule has 2 atom stereocenters. The molecule has 17 heavy (non-hydrogen) atoms. The molecule has 0 spiro atoms. The van der Waals surface area contributed by atoms with Crippen LogP contribution in [0, 0.1) is 0 Å². The molecule has 0 saturated heterocycles. The van der Waals surface area contributed by atoms with Crippen molar-refractivity contribution in [3.63, 3.8) is 0 Å². The summed E-state index contributed by atoms with van der Waals surface area (Å²) in [5.74, 6) is 2.05. The molecule has 1 rings (SSSR count). The van der Waals surface area contributed by atoms with Crippen LogP contribution in [0.5, 0.6) is 11.5 Å². The summed E-state index contributed by atoms with van der Waals surface area (Å²) in [6.07, 6.45) is 1.69. The standard InChI is InChI=1S/C12H19NO3S/c1-13-11(8-17(4)14)10-6-5-9(15-2)7-12(10)16-3/h5-7,11,13H,8H2,1-4H3. The van der Waals surface area contributed by atoms with E-state index in [4.69, 9.17) is 9.47 Å². The second kappa shape index (κ2) is 6.61. The van der Waals surface area contributed by atoms with E-state index in [0.29, 0.717) is 5.75 Å². The van der Waals surface area contributed by atoms with Crippen LogP contribution in [0.3, 0.4) is 0 Å². The lowest BCUT2D eigenvalue weighted by atomic mass is 10.1. The first kappa shape index (κ1) is 14.0. The second-order valence-corrected chi connectivity index (χ2v) is 5.17. The fourth-order valence-corrected chi connectivity index (χ4v) is 2.49. The predicted molar refractivity (Wildman–Crippen MR) is 70.3 cm³/mol. The first-order chi connectivity index (χ1) is 8.12. The van der Waals surface area contributed by atoms with Crippen LogP contribution in [0.4, 0.5) is 0 Å². The van der Waals surface area contributed by atoms with Gasteiger partial charge in [-0.1, -0.05) is 6.07 Å². The molecule has 0 aliphatic carbocycles. The third-order valence-corrected chi connectivity index (χ3v) is 3.37. The number of hydrogen-bond donors (Lipinski definition) is 1. The SMILES string of the molecule is CNC(CS(C)=O)c1ccc(OC)cc1OC. The Morgan fingerprint density at radius 1 is 1.35 bits per heavy atom.